The third-order valence-electron chi connectivity index (χ3n) is 0.430. The summed E-state index contributed by atoms with van der Waals surface area (Å²) in [6.45, 7) is 9.03. The molecule has 0 aliphatic rings. The minimum absolute atomic E-state index is 0. The first-order valence-corrected chi connectivity index (χ1v) is 1.99. The molecule has 0 aromatic carbocycles. The molecule has 0 saturated heterocycles. The summed E-state index contributed by atoms with van der Waals surface area (Å²) in [6, 6.07) is 0. The van der Waals surface area contributed by atoms with E-state index in [4.69, 9.17) is 6.58 Å². The third kappa shape index (κ3) is 10.7. The Kier molecular flexibility index (Phi) is 8.80. The third-order valence-corrected chi connectivity index (χ3v) is 0.430. The van der Waals surface area contributed by atoms with Gasteiger partial charge in [0.05, 0.1) is 0 Å². The molecule has 0 nitrogen and oxygen atoms in total. The van der Waals surface area contributed by atoms with E-state index in [2.05, 4.69) is 0 Å². The van der Waals surface area contributed by atoms with Crippen LogP contribution in [0.5, 0.6) is 0 Å². The molecule has 0 aliphatic heterocycles. The molecule has 0 saturated carbocycles. The predicted molar refractivity (Wildman–Crippen MR) is 28.3 cm³/mol. The molecule has 0 radical (unpaired) electrons. The van der Waals surface area contributed by atoms with Crippen molar-refractivity contribution in [2.75, 3.05) is 0 Å². The van der Waals surface area contributed by atoms with Gasteiger partial charge in [-0.3, -0.25) is 6.58 Å². The summed E-state index contributed by atoms with van der Waals surface area (Å²) in [5, 5.41) is 0. The van der Waals surface area contributed by atoms with E-state index >= 15 is 0 Å². The van der Waals surface area contributed by atoms with Gasteiger partial charge < -0.3 is 0 Å². The molecular formula is C6H9Li. The minimum Gasteiger partial charge on any atom is -0.290 e. The van der Waals surface area contributed by atoms with Crippen molar-refractivity contribution in [1.82, 2.24) is 0 Å². The molecule has 0 fully saturated rings. The zero-order chi connectivity index (χ0) is 4.99. The molecule has 0 aliphatic carbocycles. The molecule has 0 aromatic heterocycles. The summed E-state index contributed by atoms with van der Waals surface area (Å²) in [5.74, 6) is 0. The Balaban J connectivity index is 0. The van der Waals surface area contributed by atoms with Gasteiger partial charge in [-0.1, -0.05) is 13.8 Å². The van der Waals surface area contributed by atoms with Gasteiger partial charge in [-0.05, 0) is 0 Å². The summed E-state index contributed by atoms with van der Waals surface area (Å²) in [4.78, 5) is 0. The largest absolute Gasteiger partial charge is 1.00 e. The van der Waals surface area contributed by atoms with Gasteiger partial charge in [0.2, 0.25) is 0 Å². The second-order valence-electron chi connectivity index (χ2n) is 1.24. The average molecular weight is 88.1 g/mol. The Morgan fingerprint density at radius 3 is 2.00 bits per heavy atom. The summed E-state index contributed by atoms with van der Waals surface area (Å²) in [7, 11) is 0. The number of rotatable bonds is 1. The van der Waals surface area contributed by atoms with Crippen molar-refractivity contribution in [2.45, 2.75) is 13.8 Å². The van der Waals surface area contributed by atoms with Gasteiger partial charge in [0.1, 0.15) is 0 Å². The van der Waals surface area contributed by atoms with E-state index in [0.29, 0.717) is 0 Å². The van der Waals surface area contributed by atoms with Crippen molar-refractivity contribution >= 4 is 0 Å². The van der Waals surface area contributed by atoms with Gasteiger partial charge in [-0.15, -0.1) is 0 Å². The second kappa shape index (κ2) is 6.08. The fraction of sp³-hybridized carbons (Fsp3) is 0.333. The van der Waals surface area contributed by atoms with Gasteiger partial charge >= 0.3 is 18.9 Å². The Morgan fingerprint density at radius 2 is 2.00 bits per heavy atom. The monoisotopic (exact) mass is 88.1 g/mol. The first kappa shape index (κ1) is 10.1. The predicted octanol–water partition coefficient (Wildman–Crippen LogP) is -1.05. The first-order chi connectivity index (χ1) is 2.77. The average Bonchev–Trinajstić information content (AvgIpc) is 1.35. The summed E-state index contributed by atoms with van der Waals surface area (Å²) in [5.41, 5.74) is 0.859. The molecular weight excluding hydrogens is 79.0 g/mol. The van der Waals surface area contributed by atoms with Gasteiger partial charge in [0.15, 0.2) is 0 Å². The van der Waals surface area contributed by atoms with Crippen LogP contribution in [0.3, 0.4) is 0 Å². The molecule has 0 rings (SSSR count). The Labute approximate surface area is 57.5 Å². The SMILES string of the molecule is [CH-]=C(C)/C=C/C.[Li+]. The van der Waals surface area contributed by atoms with Crippen LogP contribution in [0.15, 0.2) is 17.7 Å². The minimum atomic E-state index is 0. The van der Waals surface area contributed by atoms with E-state index in [9.17, 15) is 0 Å². The molecule has 7 heavy (non-hydrogen) atoms. The van der Waals surface area contributed by atoms with E-state index < -0.39 is 0 Å². The van der Waals surface area contributed by atoms with E-state index in [0.717, 1.165) is 5.57 Å². The maximum Gasteiger partial charge on any atom is 1.00 e. The van der Waals surface area contributed by atoms with Crippen LogP contribution in [-0.4, -0.2) is 0 Å². The molecule has 1 heteroatoms. The van der Waals surface area contributed by atoms with E-state index in [1.165, 1.54) is 0 Å². The van der Waals surface area contributed by atoms with Crippen molar-refractivity contribution < 1.29 is 18.9 Å². The summed E-state index contributed by atoms with van der Waals surface area (Å²) >= 11 is 0. The normalized spacial score (nSPS) is 8.29. The van der Waals surface area contributed by atoms with Crippen molar-refractivity contribution in [1.29, 1.82) is 0 Å². The van der Waals surface area contributed by atoms with Crippen LogP contribution in [0.2, 0.25) is 0 Å². The fourth-order valence-electron chi connectivity index (χ4n) is 0.263. The summed E-state index contributed by atoms with van der Waals surface area (Å²) < 4.78 is 0. The van der Waals surface area contributed by atoms with Crippen molar-refractivity contribution in [3.8, 4) is 0 Å². The van der Waals surface area contributed by atoms with Crippen LogP contribution in [0.25, 0.3) is 0 Å². The maximum atomic E-state index is 5.23. The van der Waals surface area contributed by atoms with Crippen molar-refractivity contribution in [3.63, 3.8) is 0 Å². The molecule has 0 bridgehead atoms. The maximum absolute atomic E-state index is 5.23. The zero-order valence-corrected chi connectivity index (χ0v) is 5.23. The molecule has 0 atom stereocenters. The Hall–Kier alpha value is 0.0774. The van der Waals surface area contributed by atoms with Crippen molar-refractivity contribution in [2.24, 2.45) is 0 Å². The molecule has 34 valence electrons. The molecule has 0 N–H and O–H groups in total. The zero-order valence-electron chi connectivity index (χ0n) is 5.23. The van der Waals surface area contributed by atoms with Gasteiger partial charge in [0.25, 0.3) is 0 Å². The van der Waals surface area contributed by atoms with E-state index in [-0.39, 0.29) is 18.9 Å². The van der Waals surface area contributed by atoms with Crippen LogP contribution in [0.1, 0.15) is 13.8 Å². The molecule has 0 amide bonds. The van der Waals surface area contributed by atoms with E-state index in [1.807, 2.05) is 26.0 Å². The van der Waals surface area contributed by atoms with Crippen LogP contribution in [0.4, 0.5) is 0 Å². The fourth-order valence-corrected chi connectivity index (χ4v) is 0.263. The molecule has 0 aromatic rings. The second-order valence-corrected chi connectivity index (χ2v) is 1.24. The van der Waals surface area contributed by atoms with Crippen LogP contribution >= 0.6 is 0 Å². The standard InChI is InChI=1S/C6H9.Li/c1-4-5-6(2)3;/h2,4-5H,1,3H3;/q-1;+1/b5-4+;. The van der Waals surface area contributed by atoms with Gasteiger partial charge in [-0.25, -0.2) is 11.6 Å². The Morgan fingerprint density at radius 1 is 1.57 bits per heavy atom. The number of hydrogen-bond donors (Lipinski definition) is 0. The van der Waals surface area contributed by atoms with E-state index in [1.54, 1.807) is 0 Å². The topological polar surface area (TPSA) is 0 Å². The van der Waals surface area contributed by atoms with Crippen LogP contribution in [-0.2, 0) is 0 Å². The quantitative estimate of drug-likeness (QED) is 0.218. The smallest absolute Gasteiger partial charge is 0.290 e. The number of allylic oxidation sites excluding steroid dienone is 3. The number of hydrogen-bond acceptors (Lipinski definition) is 0. The Bertz CT molecular complexity index is 72.2. The first-order valence-electron chi connectivity index (χ1n) is 1.99. The molecule has 0 spiro atoms. The summed E-state index contributed by atoms with van der Waals surface area (Å²) in [6.07, 6.45) is 3.77. The molecule has 0 unspecified atom stereocenters. The molecule has 0 heterocycles. The van der Waals surface area contributed by atoms with Crippen LogP contribution < -0.4 is 18.9 Å². The van der Waals surface area contributed by atoms with Crippen LogP contribution in [0, 0.1) is 6.58 Å². The van der Waals surface area contributed by atoms with Crippen molar-refractivity contribution in [3.05, 3.63) is 24.3 Å². The van der Waals surface area contributed by atoms with Gasteiger partial charge in [0, 0.05) is 0 Å². The van der Waals surface area contributed by atoms with Gasteiger partial charge in [-0.2, -0.15) is 6.08 Å².